The van der Waals surface area contributed by atoms with Crippen molar-refractivity contribution in [2.45, 2.75) is 12.5 Å². The number of anilines is 1. The lowest BCUT2D eigenvalue weighted by molar-refractivity contribution is -0.138. The molecule has 0 aliphatic rings. The van der Waals surface area contributed by atoms with E-state index in [0.717, 1.165) is 22.7 Å². The van der Waals surface area contributed by atoms with Crippen molar-refractivity contribution in [1.29, 1.82) is 0 Å². The normalized spacial score (nSPS) is 12.6. The first-order chi connectivity index (χ1) is 11.2. The summed E-state index contributed by atoms with van der Waals surface area (Å²) in [5.74, 6) is -1.85. The third kappa shape index (κ3) is 4.46. The van der Waals surface area contributed by atoms with Crippen molar-refractivity contribution < 1.29 is 22.7 Å². The van der Waals surface area contributed by atoms with E-state index in [0.29, 0.717) is 10.6 Å². The van der Waals surface area contributed by atoms with Crippen molar-refractivity contribution in [3.63, 3.8) is 0 Å². The molecule has 0 fully saturated rings. The first kappa shape index (κ1) is 18.2. The van der Waals surface area contributed by atoms with E-state index in [1.165, 1.54) is 12.1 Å². The number of rotatable bonds is 6. The quantitative estimate of drug-likeness (QED) is 0.847. The van der Waals surface area contributed by atoms with E-state index in [1.54, 1.807) is 24.3 Å². The van der Waals surface area contributed by atoms with Crippen molar-refractivity contribution in [3.05, 3.63) is 64.9 Å². The predicted octanol–water partition coefficient (Wildman–Crippen LogP) is 2.94. The predicted molar refractivity (Wildman–Crippen MR) is 90.3 cm³/mol. The molecule has 2 rings (SSSR count). The molecular weight excluding hydrogens is 357 g/mol. The van der Waals surface area contributed by atoms with Crippen LogP contribution in [0.15, 0.2) is 48.5 Å². The molecule has 2 aromatic carbocycles. The molecule has 1 N–H and O–H groups in total. The Balaban J connectivity index is 2.45. The summed E-state index contributed by atoms with van der Waals surface area (Å²) in [6.07, 6.45) is 0.852. The molecule has 0 saturated heterocycles. The molecule has 0 spiro atoms. The van der Waals surface area contributed by atoms with Gasteiger partial charge >= 0.3 is 5.97 Å². The van der Waals surface area contributed by atoms with E-state index < -0.39 is 27.9 Å². The van der Waals surface area contributed by atoms with E-state index >= 15 is 0 Å². The molecule has 8 heteroatoms. The summed E-state index contributed by atoms with van der Waals surface area (Å²) < 4.78 is 38.2. The molecule has 2 aromatic rings. The summed E-state index contributed by atoms with van der Waals surface area (Å²) in [5.41, 5.74) is 0.697. The van der Waals surface area contributed by atoms with Gasteiger partial charge in [-0.3, -0.25) is 4.31 Å². The van der Waals surface area contributed by atoms with Crippen molar-refractivity contribution in [2.75, 3.05) is 10.6 Å². The lowest BCUT2D eigenvalue weighted by Gasteiger charge is -2.29. The Hall–Kier alpha value is -2.12. The molecule has 0 bridgehead atoms. The Morgan fingerprint density at radius 3 is 2.17 bits per heavy atom. The average molecular weight is 372 g/mol. The molecule has 1 atom stereocenters. The lowest BCUT2D eigenvalue weighted by Crippen LogP contribution is -2.46. The number of sulfonamides is 1. The minimum Gasteiger partial charge on any atom is -0.480 e. The smallest absolute Gasteiger partial charge is 0.327 e. The van der Waals surface area contributed by atoms with Gasteiger partial charge in [-0.25, -0.2) is 17.6 Å². The maximum atomic E-state index is 13.1. The zero-order chi connectivity index (χ0) is 17.9. The second kappa shape index (κ2) is 7.19. The highest BCUT2D eigenvalue weighted by molar-refractivity contribution is 7.92. The topological polar surface area (TPSA) is 74.7 Å². The second-order valence-corrected chi connectivity index (χ2v) is 7.52. The molecular formula is C16H15ClFNO4S. The van der Waals surface area contributed by atoms with Crippen LogP contribution in [-0.4, -0.2) is 31.8 Å². The van der Waals surface area contributed by atoms with Gasteiger partial charge in [0.1, 0.15) is 11.9 Å². The Morgan fingerprint density at radius 2 is 1.71 bits per heavy atom. The van der Waals surface area contributed by atoms with Crippen LogP contribution in [0.1, 0.15) is 5.56 Å². The number of carbonyl (C=O) groups is 1. The highest BCUT2D eigenvalue weighted by Gasteiger charge is 2.32. The fraction of sp³-hybridized carbons (Fsp3) is 0.188. The van der Waals surface area contributed by atoms with Crippen molar-refractivity contribution >= 4 is 33.3 Å². The van der Waals surface area contributed by atoms with Gasteiger partial charge in [0.25, 0.3) is 0 Å². The number of benzene rings is 2. The fourth-order valence-electron chi connectivity index (χ4n) is 2.30. The number of aliphatic carboxylic acids is 1. The lowest BCUT2D eigenvalue weighted by atomic mass is 10.1. The third-order valence-corrected chi connectivity index (χ3v) is 4.78. The van der Waals surface area contributed by atoms with Crippen LogP contribution in [-0.2, 0) is 21.2 Å². The molecule has 0 aliphatic heterocycles. The first-order valence-corrected chi connectivity index (χ1v) is 9.13. The summed E-state index contributed by atoms with van der Waals surface area (Å²) >= 11 is 5.80. The Kier molecular flexibility index (Phi) is 5.46. The van der Waals surface area contributed by atoms with Crippen LogP contribution in [0.4, 0.5) is 10.1 Å². The third-order valence-electron chi connectivity index (χ3n) is 3.35. The van der Waals surface area contributed by atoms with Gasteiger partial charge in [0, 0.05) is 11.4 Å². The van der Waals surface area contributed by atoms with Gasteiger partial charge in [0.15, 0.2) is 0 Å². The van der Waals surface area contributed by atoms with Crippen LogP contribution in [0.5, 0.6) is 0 Å². The van der Waals surface area contributed by atoms with Gasteiger partial charge in [0.2, 0.25) is 10.0 Å². The monoisotopic (exact) mass is 371 g/mol. The van der Waals surface area contributed by atoms with Gasteiger partial charge in [-0.1, -0.05) is 23.7 Å². The average Bonchev–Trinajstić information content (AvgIpc) is 2.49. The molecule has 0 heterocycles. The molecule has 0 aromatic heterocycles. The molecule has 1 unspecified atom stereocenters. The molecule has 24 heavy (non-hydrogen) atoms. The largest absolute Gasteiger partial charge is 0.480 e. The first-order valence-electron chi connectivity index (χ1n) is 6.90. The van der Waals surface area contributed by atoms with Gasteiger partial charge in [0.05, 0.1) is 11.9 Å². The summed E-state index contributed by atoms with van der Waals surface area (Å²) in [6, 6.07) is 9.70. The number of halogens is 2. The SMILES string of the molecule is CS(=O)(=O)N(c1ccc(F)cc1)C(Cc1ccc(Cl)cc1)C(=O)O. The molecule has 0 aliphatic carbocycles. The molecule has 0 radical (unpaired) electrons. The van der Waals surface area contributed by atoms with Crippen molar-refractivity contribution in [1.82, 2.24) is 0 Å². The minimum absolute atomic E-state index is 0.0586. The maximum Gasteiger partial charge on any atom is 0.327 e. The summed E-state index contributed by atoms with van der Waals surface area (Å²) in [7, 11) is -3.90. The molecule has 5 nitrogen and oxygen atoms in total. The van der Waals surface area contributed by atoms with Crippen LogP contribution >= 0.6 is 11.6 Å². The van der Waals surface area contributed by atoms with E-state index in [4.69, 9.17) is 11.6 Å². The van der Waals surface area contributed by atoms with Crippen molar-refractivity contribution in [3.8, 4) is 0 Å². The Bertz CT molecular complexity index is 822. The van der Waals surface area contributed by atoms with E-state index in [-0.39, 0.29) is 12.1 Å². The Labute approximate surface area is 144 Å². The van der Waals surface area contributed by atoms with E-state index in [2.05, 4.69) is 0 Å². The number of hydrogen-bond acceptors (Lipinski definition) is 3. The summed E-state index contributed by atoms with van der Waals surface area (Å²) in [5, 5.41) is 10.0. The number of hydrogen-bond donors (Lipinski definition) is 1. The summed E-state index contributed by atoms with van der Waals surface area (Å²) in [6.45, 7) is 0. The van der Waals surface area contributed by atoms with Crippen molar-refractivity contribution in [2.24, 2.45) is 0 Å². The van der Waals surface area contributed by atoms with Crippen LogP contribution in [0.3, 0.4) is 0 Å². The van der Waals surface area contributed by atoms with Gasteiger partial charge < -0.3 is 5.11 Å². The highest BCUT2D eigenvalue weighted by atomic mass is 35.5. The zero-order valence-electron chi connectivity index (χ0n) is 12.7. The number of carboxylic acids is 1. The zero-order valence-corrected chi connectivity index (χ0v) is 14.3. The van der Waals surface area contributed by atoms with E-state index in [9.17, 15) is 22.7 Å². The summed E-state index contributed by atoms with van der Waals surface area (Å²) in [4.78, 5) is 11.7. The van der Waals surface area contributed by atoms with Crippen LogP contribution in [0.2, 0.25) is 5.02 Å². The fourth-order valence-corrected chi connectivity index (χ4v) is 3.56. The van der Waals surface area contributed by atoms with Crippen LogP contribution in [0.25, 0.3) is 0 Å². The van der Waals surface area contributed by atoms with Gasteiger partial charge in [-0.15, -0.1) is 0 Å². The van der Waals surface area contributed by atoms with E-state index in [1.807, 2.05) is 0 Å². The molecule has 128 valence electrons. The Morgan fingerprint density at radius 1 is 1.17 bits per heavy atom. The van der Waals surface area contributed by atoms with Crippen LogP contribution in [0, 0.1) is 5.82 Å². The maximum absolute atomic E-state index is 13.1. The molecule has 0 saturated carbocycles. The number of carboxylic acid groups (broad SMARTS) is 1. The van der Waals surface area contributed by atoms with Crippen LogP contribution < -0.4 is 4.31 Å². The van der Waals surface area contributed by atoms with Gasteiger partial charge in [-0.05, 0) is 42.0 Å². The molecule has 0 amide bonds. The van der Waals surface area contributed by atoms with Gasteiger partial charge in [-0.2, -0.15) is 0 Å². The number of nitrogens with zero attached hydrogens (tertiary/aromatic N) is 1. The highest BCUT2D eigenvalue weighted by Crippen LogP contribution is 2.24. The minimum atomic E-state index is -3.90. The second-order valence-electron chi connectivity index (χ2n) is 5.22. The standard InChI is InChI=1S/C16H15ClFNO4S/c1-24(22,23)19(14-8-6-13(18)7-9-14)15(16(20)21)10-11-2-4-12(17)5-3-11/h2-9,15H,10H2,1H3,(H,20,21).